The normalized spacial score (nSPS) is 19.6. The van der Waals surface area contributed by atoms with Gasteiger partial charge < -0.3 is 15.0 Å². The van der Waals surface area contributed by atoms with Crippen LogP contribution in [0.4, 0.5) is 0 Å². The van der Waals surface area contributed by atoms with Crippen molar-refractivity contribution in [2.24, 2.45) is 0 Å². The van der Waals surface area contributed by atoms with Gasteiger partial charge in [0.25, 0.3) is 0 Å². The van der Waals surface area contributed by atoms with Crippen LogP contribution in [0, 0.1) is 0 Å². The van der Waals surface area contributed by atoms with Gasteiger partial charge in [-0.1, -0.05) is 30.3 Å². The number of unbranched alkanes of at least 4 members (excludes halogenated alkanes) is 1. The van der Waals surface area contributed by atoms with E-state index in [9.17, 15) is 0 Å². The number of likely N-dealkylation sites (tertiary alicyclic amines) is 1. The van der Waals surface area contributed by atoms with E-state index < -0.39 is 0 Å². The standard InChI is InChI=1S/C17H28N2O/c1-20-14-11-18-10-5-6-12-19-13-9-17(15-19)16-7-3-2-4-8-16/h2-4,7-8,17-18H,5-6,9-15H2,1H3. The van der Waals surface area contributed by atoms with E-state index in [0.717, 1.165) is 25.6 Å². The molecule has 112 valence electrons. The molecule has 0 amide bonds. The fourth-order valence-corrected chi connectivity index (χ4v) is 2.92. The van der Waals surface area contributed by atoms with Gasteiger partial charge in [-0.05, 0) is 50.4 Å². The van der Waals surface area contributed by atoms with Crippen LogP contribution in [0.2, 0.25) is 0 Å². The fraction of sp³-hybridized carbons (Fsp3) is 0.647. The minimum absolute atomic E-state index is 0.746. The van der Waals surface area contributed by atoms with Gasteiger partial charge in [0.2, 0.25) is 0 Å². The molecule has 3 heteroatoms. The lowest BCUT2D eigenvalue weighted by molar-refractivity contribution is 0.199. The summed E-state index contributed by atoms with van der Waals surface area (Å²) in [5, 5.41) is 3.40. The molecule has 1 aliphatic heterocycles. The van der Waals surface area contributed by atoms with Gasteiger partial charge in [-0.2, -0.15) is 0 Å². The van der Waals surface area contributed by atoms with Crippen LogP contribution in [0.3, 0.4) is 0 Å². The molecule has 0 saturated carbocycles. The lowest BCUT2D eigenvalue weighted by Gasteiger charge is -2.16. The maximum absolute atomic E-state index is 5.01. The first-order valence-electron chi connectivity index (χ1n) is 7.87. The molecule has 0 bridgehead atoms. The molecular formula is C17H28N2O. The van der Waals surface area contributed by atoms with Crippen molar-refractivity contribution in [1.82, 2.24) is 10.2 Å². The molecule has 1 aromatic carbocycles. The van der Waals surface area contributed by atoms with E-state index in [1.165, 1.54) is 44.5 Å². The summed E-state index contributed by atoms with van der Waals surface area (Å²) in [7, 11) is 1.75. The summed E-state index contributed by atoms with van der Waals surface area (Å²) in [6.07, 6.45) is 3.87. The highest BCUT2D eigenvalue weighted by Gasteiger charge is 2.22. The number of nitrogens with one attached hydrogen (secondary N) is 1. The number of rotatable bonds is 9. The first-order valence-corrected chi connectivity index (χ1v) is 7.87. The van der Waals surface area contributed by atoms with E-state index in [2.05, 4.69) is 40.5 Å². The second-order valence-electron chi connectivity index (χ2n) is 5.65. The molecule has 1 heterocycles. The maximum Gasteiger partial charge on any atom is 0.0587 e. The van der Waals surface area contributed by atoms with Crippen molar-refractivity contribution in [3.8, 4) is 0 Å². The van der Waals surface area contributed by atoms with Gasteiger partial charge >= 0.3 is 0 Å². The van der Waals surface area contributed by atoms with Crippen molar-refractivity contribution < 1.29 is 4.74 Å². The molecule has 1 unspecified atom stereocenters. The largest absolute Gasteiger partial charge is 0.383 e. The van der Waals surface area contributed by atoms with Crippen LogP contribution < -0.4 is 5.32 Å². The monoisotopic (exact) mass is 276 g/mol. The molecule has 1 fully saturated rings. The Bertz CT molecular complexity index is 355. The number of nitrogens with zero attached hydrogens (tertiary/aromatic N) is 1. The van der Waals surface area contributed by atoms with Gasteiger partial charge in [0.15, 0.2) is 0 Å². The van der Waals surface area contributed by atoms with E-state index in [1.807, 2.05) is 0 Å². The zero-order chi connectivity index (χ0) is 14.0. The smallest absolute Gasteiger partial charge is 0.0587 e. The average molecular weight is 276 g/mol. The Morgan fingerprint density at radius 1 is 1.20 bits per heavy atom. The maximum atomic E-state index is 5.01. The second-order valence-corrected chi connectivity index (χ2v) is 5.65. The van der Waals surface area contributed by atoms with Crippen molar-refractivity contribution >= 4 is 0 Å². The summed E-state index contributed by atoms with van der Waals surface area (Å²) in [5.41, 5.74) is 1.51. The van der Waals surface area contributed by atoms with Crippen molar-refractivity contribution in [2.45, 2.75) is 25.2 Å². The minimum Gasteiger partial charge on any atom is -0.383 e. The highest BCUT2D eigenvalue weighted by atomic mass is 16.5. The van der Waals surface area contributed by atoms with Crippen LogP contribution in [0.5, 0.6) is 0 Å². The zero-order valence-corrected chi connectivity index (χ0v) is 12.7. The molecule has 0 aromatic heterocycles. The Kier molecular flexibility index (Phi) is 7.06. The van der Waals surface area contributed by atoms with Crippen LogP contribution >= 0.6 is 0 Å². The number of hydrogen-bond donors (Lipinski definition) is 1. The number of benzene rings is 1. The molecule has 2 rings (SSSR count). The van der Waals surface area contributed by atoms with Crippen molar-refractivity contribution in [3.05, 3.63) is 35.9 Å². The molecule has 20 heavy (non-hydrogen) atoms. The summed E-state index contributed by atoms with van der Waals surface area (Å²) in [6, 6.07) is 11.0. The van der Waals surface area contributed by atoms with Crippen LogP contribution in [-0.4, -0.2) is 51.3 Å². The van der Waals surface area contributed by atoms with Crippen LogP contribution in [-0.2, 0) is 4.74 Å². The second kappa shape index (κ2) is 9.11. The van der Waals surface area contributed by atoms with E-state index >= 15 is 0 Å². The summed E-state index contributed by atoms with van der Waals surface area (Å²) in [4.78, 5) is 2.62. The zero-order valence-electron chi connectivity index (χ0n) is 12.7. The van der Waals surface area contributed by atoms with E-state index in [0.29, 0.717) is 0 Å². The Hall–Kier alpha value is -0.900. The Morgan fingerprint density at radius 3 is 2.85 bits per heavy atom. The molecule has 1 atom stereocenters. The van der Waals surface area contributed by atoms with Gasteiger partial charge in [0, 0.05) is 20.2 Å². The molecular weight excluding hydrogens is 248 g/mol. The third kappa shape index (κ3) is 5.23. The SMILES string of the molecule is COCCNCCCCN1CCC(c2ccccc2)C1. The van der Waals surface area contributed by atoms with Crippen LogP contribution in [0.15, 0.2) is 30.3 Å². The highest BCUT2D eigenvalue weighted by Crippen LogP contribution is 2.26. The number of ether oxygens (including phenoxy) is 1. The van der Waals surface area contributed by atoms with Crippen LogP contribution in [0.25, 0.3) is 0 Å². The molecule has 0 spiro atoms. The molecule has 3 nitrogen and oxygen atoms in total. The minimum atomic E-state index is 0.746. The van der Waals surface area contributed by atoms with E-state index in [-0.39, 0.29) is 0 Å². The topological polar surface area (TPSA) is 24.5 Å². The van der Waals surface area contributed by atoms with Gasteiger partial charge in [-0.25, -0.2) is 0 Å². The molecule has 1 aromatic rings. The van der Waals surface area contributed by atoms with Gasteiger partial charge in [0.1, 0.15) is 0 Å². The average Bonchev–Trinajstić information content (AvgIpc) is 2.96. The summed E-state index contributed by atoms with van der Waals surface area (Å²) in [5.74, 6) is 0.746. The number of hydrogen-bond acceptors (Lipinski definition) is 3. The summed E-state index contributed by atoms with van der Waals surface area (Å²) < 4.78 is 5.01. The van der Waals surface area contributed by atoms with E-state index in [4.69, 9.17) is 4.74 Å². The van der Waals surface area contributed by atoms with Crippen molar-refractivity contribution in [2.75, 3.05) is 46.4 Å². The third-order valence-corrected chi connectivity index (χ3v) is 4.10. The Balaban J connectivity index is 1.55. The van der Waals surface area contributed by atoms with Crippen molar-refractivity contribution in [1.29, 1.82) is 0 Å². The lowest BCUT2D eigenvalue weighted by atomic mass is 9.99. The quantitative estimate of drug-likeness (QED) is 0.701. The highest BCUT2D eigenvalue weighted by molar-refractivity contribution is 5.20. The molecule has 1 N–H and O–H groups in total. The van der Waals surface area contributed by atoms with E-state index in [1.54, 1.807) is 7.11 Å². The third-order valence-electron chi connectivity index (χ3n) is 4.10. The summed E-state index contributed by atoms with van der Waals surface area (Å²) >= 11 is 0. The lowest BCUT2D eigenvalue weighted by Crippen LogP contribution is -2.24. The predicted molar refractivity (Wildman–Crippen MR) is 84.2 cm³/mol. The molecule has 0 aliphatic carbocycles. The first kappa shape index (κ1) is 15.5. The van der Waals surface area contributed by atoms with Crippen molar-refractivity contribution in [3.63, 3.8) is 0 Å². The first-order chi connectivity index (χ1) is 9.90. The fourth-order valence-electron chi connectivity index (χ4n) is 2.92. The Morgan fingerprint density at radius 2 is 2.05 bits per heavy atom. The van der Waals surface area contributed by atoms with Gasteiger partial charge in [-0.15, -0.1) is 0 Å². The van der Waals surface area contributed by atoms with Crippen LogP contribution in [0.1, 0.15) is 30.7 Å². The van der Waals surface area contributed by atoms with Gasteiger partial charge in [-0.3, -0.25) is 0 Å². The van der Waals surface area contributed by atoms with Gasteiger partial charge in [0.05, 0.1) is 6.61 Å². The molecule has 0 radical (unpaired) electrons. The number of methoxy groups -OCH3 is 1. The predicted octanol–water partition coefficient (Wildman–Crippen LogP) is 2.49. The molecule has 1 saturated heterocycles. The summed E-state index contributed by atoms with van der Waals surface area (Å²) in [6.45, 7) is 6.63. The Labute approximate surface area is 123 Å². The molecule has 1 aliphatic rings.